The van der Waals surface area contributed by atoms with Gasteiger partial charge in [-0.1, -0.05) is 36.6 Å². The third kappa shape index (κ3) is 4.11. The molecule has 104 valence electrons. The molecule has 0 saturated heterocycles. The van der Waals surface area contributed by atoms with Gasteiger partial charge in [-0.05, 0) is 25.0 Å². The van der Waals surface area contributed by atoms with Gasteiger partial charge in [0, 0.05) is 6.54 Å². The van der Waals surface area contributed by atoms with E-state index in [1.54, 1.807) is 24.3 Å². The van der Waals surface area contributed by atoms with Crippen LogP contribution in [0.5, 0.6) is 5.75 Å². The summed E-state index contributed by atoms with van der Waals surface area (Å²) < 4.78 is 5.32. The van der Waals surface area contributed by atoms with E-state index in [9.17, 15) is 9.90 Å². The number of rotatable bonds is 5. The lowest BCUT2D eigenvalue weighted by atomic mass is 10.0. The second-order valence-electron chi connectivity index (χ2n) is 4.93. The molecule has 2 rings (SSSR count). The maximum Gasteiger partial charge on any atom is 0.258 e. The molecule has 1 aliphatic carbocycles. The molecule has 0 aromatic heterocycles. The molecule has 0 atom stereocenters. The van der Waals surface area contributed by atoms with Crippen LogP contribution in [0.4, 0.5) is 0 Å². The molecule has 0 unspecified atom stereocenters. The molecule has 1 amide bonds. The Bertz CT molecular complexity index is 444. The van der Waals surface area contributed by atoms with Crippen LogP contribution in [0.1, 0.15) is 25.7 Å². The summed E-state index contributed by atoms with van der Waals surface area (Å²) in [6.45, 7) is 0.192. The summed E-state index contributed by atoms with van der Waals surface area (Å²) in [5, 5.41) is 13.3. The average molecular weight is 284 g/mol. The zero-order chi connectivity index (χ0) is 13.7. The van der Waals surface area contributed by atoms with Gasteiger partial charge in [0.25, 0.3) is 5.91 Å². The summed E-state index contributed by atoms with van der Waals surface area (Å²) in [7, 11) is 0. The first-order valence-corrected chi connectivity index (χ1v) is 6.83. The molecule has 0 heterocycles. The first kappa shape index (κ1) is 14.2. The molecule has 0 radical (unpaired) electrons. The Labute approximate surface area is 117 Å². The predicted molar refractivity (Wildman–Crippen MR) is 73.4 cm³/mol. The summed E-state index contributed by atoms with van der Waals surface area (Å²) in [4.78, 5) is 11.6. The highest BCUT2D eigenvalue weighted by Gasteiger charge is 2.31. The number of ether oxygens (including phenoxy) is 1. The van der Waals surface area contributed by atoms with Crippen LogP contribution in [0, 0.1) is 0 Å². The molecule has 0 bridgehead atoms. The summed E-state index contributed by atoms with van der Waals surface area (Å²) in [6.07, 6.45) is 3.53. The SMILES string of the molecule is O=C(COc1ccccc1Cl)NCC1(O)CCCC1. The second kappa shape index (κ2) is 6.26. The molecule has 1 saturated carbocycles. The van der Waals surface area contributed by atoms with Gasteiger partial charge in [0.1, 0.15) is 5.75 Å². The van der Waals surface area contributed by atoms with Gasteiger partial charge in [0.15, 0.2) is 6.61 Å². The van der Waals surface area contributed by atoms with Gasteiger partial charge in [-0.3, -0.25) is 4.79 Å². The standard InChI is InChI=1S/C14H18ClNO3/c15-11-5-1-2-6-12(11)19-9-13(17)16-10-14(18)7-3-4-8-14/h1-2,5-6,18H,3-4,7-10H2,(H,16,17). The van der Waals surface area contributed by atoms with Gasteiger partial charge in [0.05, 0.1) is 10.6 Å². The highest BCUT2D eigenvalue weighted by Crippen LogP contribution is 2.28. The number of benzene rings is 1. The van der Waals surface area contributed by atoms with Crippen molar-refractivity contribution in [1.29, 1.82) is 0 Å². The normalized spacial score (nSPS) is 17.2. The maximum absolute atomic E-state index is 11.6. The Balaban J connectivity index is 1.74. The third-order valence-electron chi connectivity index (χ3n) is 3.34. The monoisotopic (exact) mass is 283 g/mol. The lowest BCUT2D eigenvalue weighted by molar-refractivity contribution is -0.124. The molecule has 5 heteroatoms. The smallest absolute Gasteiger partial charge is 0.258 e. The summed E-state index contributed by atoms with van der Waals surface area (Å²) >= 11 is 5.91. The number of carbonyl (C=O) groups is 1. The van der Waals surface area contributed by atoms with Crippen LogP contribution < -0.4 is 10.1 Å². The van der Waals surface area contributed by atoms with Gasteiger partial charge in [-0.15, -0.1) is 0 Å². The van der Waals surface area contributed by atoms with E-state index in [-0.39, 0.29) is 19.1 Å². The Morgan fingerprint density at radius 3 is 2.74 bits per heavy atom. The van der Waals surface area contributed by atoms with Crippen LogP contribution in [0.3, 0.4) is 0 Å². The van der Waals surface area contributed by atoms with Crippen LogP contribution >= 0.6 is 11.6 Å². The van der Waals surface area contributed by atoms with Gasteiger partial charge >= 0.3 is 0 Å². The number of para-hydroxylation sites is 1. The van der Waals surface area contributed by atoms with Crippen molar-refractivity contribution in [3.8, 4) is 5.75 Å². The fourth-order valence-corrected chi connectivity index (χ4v) is 2.42. The maximum atomic E-state index is 11.6. The molecule has 4 nitrogen and oxygen atoms in total. The predicted octanol–water partition coefficient (Wildman–Crippen LogP) is 2.14. The summed E-state index contributed by atoms with van der Waals surface area (Å²) in [5.41, 5.74) is -0.736. The molecule has 1 aromatic rings. The van der Waals surface area contributed by atoms with Crippen LogP contribution in [0.25, 0.3) is 0 Å². The second-order valence-corrected chi connectivity index (χ2v) is 5.33. The van der Waals surface area contributed by atoms with Crippen molar-refractivity contribution in [2.45, 2.75) is 31.3 Å². The van der Waals surface area contributed by atoms with E-state index in [4.69, 9.17) is 16.3 Å². The van der Waals surface area contributed by atoms with Gasteiger partial charge in [0.2, 0.25) is 0 Å². The van der Waals surface area contributed by atoms with Crippen molar-refractivity contribution in [2.24, 2.45) is 0 Å². The van der Waals surface area contributed by atoms with Crippen molar-refractivity contribution in [2.75, 3.05) is 13.2 Å². The van der Waals surface area contributed by atoms with E-state index in [0.29, 0.717) is 10.8 Å². The Kier molecular flexibility index (Phi) is 4.66. The quantitative estimate of drug-likeness (QED) is 0.870. The van der Waals surface area contributed by atoms with E-state index in [1.807, 2.05) is 0 Å². The van der Waals surface area contributed by atoms with E-state index in [1.165, 1.54) is 0 Å². The number of halogens is 1. The lowest BCUT2D eigenvalue weighted by Gasteiger charge is -2.22. The first-order valence-electron chi connectivity index (χ1n) is 6.45. The molecule has 1 aliphatic rings. The molecule has 1 fully saturated rings. The Morgan fingerprint density at radius 1 is 1.37 bits per heavy atom. The lowest BCUT2D eigenvalue weighted by Crippen LogP contribution is -2.42. The van der Waals surface area contributed by atoms with Crippen LogP contribution in [-0.4, -0.2) is 29.8 Å². The highest BCUT2D eigenvalue weighted by atomic mass is 35.5. The Morgan fingerprint density at radius 2 is 2.05 bits per heavy atom. The summed E-state index contributed by atoms with van der Waals surface area (Å²) in [5.74, 6) is 0.235. The first-order chi connectivity index (χ1) is 9.09. The number of aliphatic hydroxyl groups is 1. The zero-order valence-corrected chi connectivity index (χ0v) is 11.4. The molecule has 0 aliphatic heterocycles. The van der Waals surface area contributed by atoms with E-state index < -0.39 is 5.60 Å². The number of nitrogens with one attached hydrogen (secondary N) is 1. The van der Waals surface area contributed by atoms with Crippen LogP contribution in [-0.2, 0) is 4.79 Å². The minimum atomic E-state index is -0.736. The van der Waals surface area contributed by atoms with Crippen molar-refractivity contribution < 1.29 is 14.6 Å². The van der Waals surface area contributed by atoms with Crippen LogP contribution in [0.2, 0.25) is 5.02 Å². The molecular formula is C14H18ClNO3. The number of hydrogen-bond acceptors (Lipinski definition) is 3. The van der Waals surface area contributed by atoms with Gasteiger partial charge < -0.3 is 15.2 Å². The van der Waals surface area contributed by atoms with Crippen molar-refractivity contribution in [3.63, 3.8) is 0 Å². The number of amides is 1. The zero-order valence-electron chi connectivity index (χ0n) is 10.7. The van der Waals surface area contributed by atoms with Crippen molar-refractivity contribution in [3.05, 3.63) is 29.3 Å². The largest absolute Gasteiger partial charge is 0.482 e. The minimum absolute atomic E-state index is 0.0974. The Hall–Kier alpha value is -1.26. The molecular weight excluding hydrogens is 266 g/mol. The highest BCUT2D eigenvalue weighted by molar-refractivity contribution is 6.32. The van der Waals surface area contributed by atoms with Crippen LogP contribution in [0.15, 0.2) is 24.3 Å². The van der Waals surface area contributed by atoms with E-state index in [0.717, 1.165) is 25.7 Å². The fraction of sp³-hybridized carbons (Fsp3) is 0.500. The minimum Gasteiger partial charge on any atom is -0.482 e. The number of hydrogen-bond donors (Lipinski definition) is 2. The molecule has 0 spiro atoms. The number of carbonyl (C=O) groups excluding carboxylic acids is 1. The topological polar surface area (TPSA) is 58.6 Å². The summed E-state index contributed by atoms with van der Waals surface area (Å²) in [6, 6.07) is 7.00. The molecule has 19 heavy (non-hydrogen) atoms. The van der Waals surface area contributed by atoms with Crippen molar-refractivity contribution >= 4 is 17.5 Å². The fourth-order valence-electron chi connectivity index (χ4n) is 2.23. The van der Waals surface area contributed by atoms with E-state index >= 15 is 0 Å². The molecule has 1 aromatic carbocycles. The van der Waals surface area contributed by atoms with Gasteiger partial charge in [-0.25, -0.2) is 0 Å². The molecule has 2 N–H and O–H groups in total. The van der Waals surface area contributed by atoms with E-state index in [2.05, 4.69) is 5.32 Å². The third-order valence-corrected chi connectivity index (χ3v) is 3.66. The van der Waals surface area contributed by atoms with Gasteiger partial charge in [-0.2, -0.15) is 0 Å². The van der Waals surface area contributed by atoms with Crippen molar-refractivity contribution in [1.82, 2.24) is 5.32 Å². The average Bonchev–Trinajstić information content (AvgIpc) is 2.83.